The Morgan fingerprint density at radius 1 is 1.38 bits per heavy atom. The van der Waals surface area contributed by atoms with Gasteiger partial charge in [0.1, 0.15) is 0 Å². The molecule has 16 heavy (non-hydrogen) atoms. The third-order valence-electron chi connectivity index (χ3n) is 2.73. The molecule has 1 aliphatic heterocycles. The number of nitrogens with one attached hydrogen (secondary N) is 1. The molecule has 0 bridgehead atoms. The molecule has 0 aromatic heterocycles. The summed E-state index contributed by atoms with van der Waals surface area (Å²) < 4.78 is 7.80. The quantitative estimate of drug-likeness (QED) is 0.899. The molecule has 1 saturated heterocycles. The van der Waals surface area contributed by atoms with E-state index in [9.17, 15) is 0 Å². The molecule has 0 aliphatic carbocycles. The van der Waals surface area contributed by atoms with Gasteiger partial charge in [0.05, 0.1) is 6.10 Å². The maximum Gasteiger partial charge on any atom is 0.0700 e. The second kappa shape index (κ2) is 6.15. The average molecular weight is 349 g/mol. The lowest BCUT2D eigenvalue weighted by molar-refractivity contribution is 0.110. The van der Waals surface area contributed by atoms with Gasteiger partial charge in [0.25, 0.3) is 0 Å². The number of halogens is 2. The second-order valence-electron chi connectivity index (χ2n) is 4.00. The molecule has 0 spiro atoms. The maximum atomic E-state index is 5.56. The topological polar surface area (TPSA) is 21.3 Å². The van der Waals surface area contributed by atoms with Crippen LogP contribution < -0.4 is 5.32 Å². The highest BCUT2D eigenvalue weighted by atomic mass is 79.9. The minimum atomic E-state index is 0.411. The van der Waals surface area contributed by atoms with E-state index in [1.165, 1.54) is 18.4 Å². The van der Waals surface area contributed by atoms with Crippen molar-refractivity contribution in [2.75, 3.05) is 13.2 Å². The molecule has 1 heterocycles. The van der Waals surface area contributed by atoms with Crippen LogP contribution >= 0.6 is 31.9 Å². The fourth-order valence-electron chi connectivity index (χ4n) is 1.84. The van der Waals surface area contributed by atoms with Gasteiger partial charge in [-0.15, -0.1) is 0 Å². The molecule has 0 radical (unpaired) electrons. The molecule has 1 atom stereocenters. The molecule has 1 aromatic carbocycles. The highest BCUT2D eigenvalue weighted by Crippen LogP contribution is 2.21. The van der Waals surface area contributed by atoms with E-state index in [1.54, 1.807) is 0 Å². The minimum Gasteiger partial charge on any atom is -0.377 e. The Morgan fingerprint density at radius 3 is 2.94 bits per heavy atom. The van der Waals surface area contributed by atoms with Crippen LogP contribution in [-0.2, 0) is 11.3 Å². The van der Waals surface area contributed by atoms with Crippen molar-refractivity contribution in [3.63, 3.8) is 0 Å². The zero-order chi connectivity index (χ0) is 11.4. The lowest BCUT2D eigenvalue weighted by Gasteiger charge is -2.11. The molecular weight excluding hydrogens is 334 g/mol. The van der Waals surface area contributed by atoms with Crippen LogP contribution in [0.3, 0.4) is 0 Å². The number of rotatable bonds is 4. The van der Waals surface area contributed by atoms with E-state index in [1.807, 2.05) is 0 Å². The molecule has 2 rings (SSSR count). The third kappa shape index (κ3) is 3.55. The SMILES string of the molecule is Brc1ccc(CNCC2CCCO2)c(Br)c1. The van der Waals surface area contributed by atoms with Crippen molar-refractivity contribution < 1.29 is 4.74 Å². The van der Waals surface area contributed by atoms with E-state index >= 15 is 0 Å². The molecule has 0 saturated carbocycles. The molecule has 1 aromatic rings. The van der Waals surface area contributed by atoms with E-state index in [0.717, 1.165) is 28.6 Å². The van der Waals surface area contributed by atoms with Gasteiger partial charge in [-0.3, -0.25) is 0 Å². The van der Waals surface area contributed by atoms with E-state index in [4.69, 9.17) is 4.74 Å². The van der Waals surface area contributed by atoms with Crippen LogP contribution in [-0.4, -0.2) is 19.3 Å². The zero-order valence-corrected chi connectivity index (χ0v) is 12.2. The molecule has 1 fully saturated rings. The lowest BCUT2D eigenvalue weighted by atomic mass is 10.2. The van der Waals surface area contributed by atoms with Crippen molar-refractivity contribution in [1.29, 1.82) is 0 Å². The molecule has 2 nitrogen and oxygen atoms in total. The van der Waals surface area contributed by atoms with E-state index in [2.05, 4.69) is 55.4 Å². The molecule has 0 amide bonds. The Balaban J connectivity index is 1.80. The van der Waals surface area contributed by atoms with Crippen LogP contribution in [0.15, 0.2) is 27.1 Å². The molecule has 1 aliphatic rings. The van der Waals surface area contributed by atoms with Crippen LogP contribution in [0.5, 0.6) is 0 Å². The first kappa shape index (κ1) is 12.6. The highest BCUT2D eigenvalue weighted by molar-refractivity contribution is 9.11. The van der Waals surface area contributed by atoms with Gasteiger partial charge in [-0.1, -0.05) is 37.9 Å². The molecule has 1 N–H and O–H groups in total. The van der Waals surface area contributed by atoms with Gasteiger partial charge in [-0.2, -0.15) is 0 Å². The van der Waals surface area contributed by atoms with Gasteiger partial charge < -0.3 is 10.1 Å². The fraction of sp³-hybridized carbons (Fsp3) is 0.500. The lowest BCUT2D eigenvalue weighted by Crippen LogP contribution is -2.25. The average Bonchev–Trinajstić information content (AvgIpc) is 2.74. The summed E-state index contributed by atoms with van der Waals surface area (Å²) in [6.07, 6.45) is 2.80. The summed E-state index contributed by atoms with van der Waals surface area (Å²) in [4.78, 5) is 0. The third-order valence-corrected chi connectivity index (χ3v) is 3.96. The second-order valence-corrected chi connectivity index (χ2v) is 5.77. The van der Waals surface area contributed by atoms with E-state index < -0.39 is 0 Å². The molecule has 88 valence electrons. The smallest absolute Gasteiger partial charge is 0.0700 e. The van der Waals surface area contributed by atoms with Crippen molar-refractivity contribution in [1.82, 2.24) is 5.32 Å². The standard InChI is InChI=1S/C12H15Br2NO/c13-10-4-3-9(12(14)6-10)7-15-8-11-2-1-5-16-11/h3-4,6,11,15H,1-2,5,7-8H2. The summed E-state index contributed by atoms with van der Waals surface area (Å²) in [5.41, 5.74) is 1.28. The molecule has 4 heteroatoms. The highest BCUT2D eigenvalue weighted by Gasteiger charge is 2.14. The minimum absolute atomic E-state index is 0.411. The van der Waals surface area contributed by atoms with Crippen molar-refractivity contribution in [2.45, 2.75) is 25.5 Å². The summed E-state index contributed by atoms with van der Waals surface area (Å²) in [5.74, 6) is 0. The Kier molecular flexibility index (Phi) is 4.82. The predicted octanol–water partition coefficient (Wildman–Crippen LogP) is 3.48. The fourth-order valence-corrected chi connectivity index (χ4v) is 3.03. The van der Waals surface area contributed by atoms with Crippen molar-refractivity contribution in [2.24, 2.45) is 0 Å². The number of ether oxygens (including phenoxy) is 1. The summed E-state index contributed by atoms with van der Waals surface area (Å²) in [6, 6.07) is 6.26. The largest absolute Gasteiger partial charge is 0.377 e. The Bertz CT molecular complexity index is 351. The van der Waals surface area contributed by atoms with Crippen molar-refractivity contribution in [3.8, 4) is 0 Å². The van der Waals surface area contributed by atoms with Crippen LogP contribution in [0.1, 0.15) is 18.4 Å². The van der Waals surface area contributed by atoms with Gasteiger partial charge in [0.2, 0.25) is 0 Å². The van der Waals surface area contributed by atoms with Gasteiger partial charge in [-0.05, 0) is 30.5 Å². The Morgan fingerprint density at radius 2 is 2.25 bits per heavy atom. The number of hydrogen-bond donors (Lipinski definition) is 1. The predicted molar refractivity (Wildman–Crippen MR) is 72.5 cm³/mol. The normalized spacial score (nSPS) is 20.2. The van der Waals surface area contributed by atoms with Gasteiger partial charge in [0, 0.05) is 28.6 Å². The first-order chi connectivity index (χ1) is 7.75. The van der Waals surface area contributed by atoms with Crippen LogP contribution in [0, 0.1) is 0 Å². The number of benzene rings is 1. The zero-order valence-electron chi connectivity index (χ0n) is 9.01. The van der Waals surface area contributed by atoms with Gasteiger partial charge in [0.15, 0.2) is 0 Å². The van der Waals surface area contributed by atoms with Crippen molar-refractivity contribution in [3.05, 3.63) is 32.7 Å². The summed E-state index contributed by atoms with van der Waals surface area (Å²) in [7, 11) is 0. The molecular formula is C12H15Br2NO. The summed E-state index contributed by atoms with van der Waals surface area (Å²) >= 11 is 7.01. The van der Waals surface area contributed by atoms with Crippen LogP contribution in [0.25, 0.3) is 0 Å². The number of hydrogen-bond acceptors (Lipinski definition) is 2. The van der Waals surface area contributed by atoms with Gasteiger partial charge >= 0.3 is 0 Å². The van der Waals surface area contributed by atoms with Crippen molar-refractivity contribution >= 4 is 31.9 Å². The monoisotopic (exact) mass is 347 g/mol. The van der Waals surface area contributed by atoms with E-state index in [-0.39, 0.29) is 0 Å². The Hall–Kier alpha value is 0.1000. The summed E-state index contributed by atoms with van der Waals surface area (Å²) in [6.45, 7) is 2.75. The van der Waals surface area contributed by atoms with Gasteiger partial charge in [-0.25, -0.2) is 0 Å². The first-order valence-corrected chi connectivity index (χ1v) is 7.10. The van der Waals surface area contributed by atoms with Crippen LogP contribution in [0.4, 0.5) is 0 Å². The maximum absolute atomic E-state index is 5.56. The van der Waals surface area contributed by atoms with Crippen LogP contribution in [0.2, 0.25) is 0 Å². The first-order valence-electron chi connectivity index (χ1n) is 5.52. The van der Waals surface area contributed by atoms with E-state index in [0.29, 0.717) is 6.10 Å². The molecule has 1 unspecified atom stereocenters. The Labute approximate surface area is 113 Å². The summed E-state index contributed by atoms with van der Waals surface area (Å²) in [5, 5.41) is 3.43.